The first kappa shape index (κ1) is 9.74. The number of thiophene rings is 1. The zero-order chi connectivity index (χ0) is 8.97. The average molecular weight is 248 g/mol. The van der Waals surface area contributed by atoms with Crippen molar-refractivity contribution in [1.82, 2.24) is 5.32 Å². The molecule has 0 aliphatic rings. The Hall–Kier alpha value is -0.350. The highest BCUT2D eigenvalue weighted by atomic mass is 79.9. The Bertz CT molecular complexity index is 272. The molecule has 1 aromatic rings. The molecule has 12 heavy (non-hydrogen) atoms. The van der Waals surface area contributed by atoms with Crippen molar-refractivity contribution in [2.45, 2.75) is 13.3 Å². The van der Waals surface area contributed by atoms with Gasteiger partial charge in [0.2, 0.25) is 0 Å². The monoisotopic (exact) mass is 247 g/mol. The van der Waals surface area contributed by atoms with Crippen LogP contribution in [0.4, 0.5) is 0 Å². The summed E-state index contributed by atoms with van der Waals surface area (Å²) in [6.45, 7) is 2.77. The van der Waals surface area contributed by atoms with Gasteiger partial charge in [-0.05, 0) is 33.8 Å². The molecule has 4 heteroatoms. The maximum atomic E-state index is 11.4. The lowest BCUT2D eigenvalue weighted by Crippen LogP contribution is -2.23. The first-order chi connectivity index (χ1) is 5.75. The third kappa shape index (κ3) is 2.32. The van der Waals surface area contributed by atoms with Crippen LogP contribution in [0.1, 0.15) is 23.0 Å². The van der Waals surface area contributed by atoms with Gasteiger partial charge in [-0.1, -0.05) is 6.92 Å². The van der Waals surface area contributed by atoms with Gasteiger partial charge < -0.3 is 5.32 Å². The molecular formula is C8H10BrNOS. The Kier molecular flexibility index (Phi) is 3.75. The molecule has 66 valence electrons. The third-order valence-electron chi connectivity index (χ3n) is 1.36. The van der Waals surface area contributed by atoms with Crippen molar-refractivity contribution in [3.05, 3.63) is 20.8 Å². The summed E-state index contributed by atoms with van der Waals surface area (Å²) in [6.07, 6.45) is 0.967. The van der Waals surface area contributed by atoms with Crippen molar-refractivity contribution >= 4 is 33.2 Å². The summed E-state index contributed by atoms with van der Waals surface area (Å²) in [5.41, 5.74) is 0. The highest BCUT2D eigenvalue weighted by Gasteiger charge is 2.09. The number of halogens is 1. The number of hydrogen-bond acceptors (Lipinski definition) is 2. The normalized spacial score (nSPS) is 9.83. The first-order valence-electron chi connectivity index (χ1n) is 3.77. The minimum Gasteiger partial charge on any atom is -0.351 e. The Labute approximate surface area is 84.1 Å². The van der Waals surface area contributed by atoms with E-state index in [1.807, 2.05) is 18.4 Å². The number of carbonyl (C=O) groups is 1. The summed E-state index contributed by atoms with van der Waals surface area (Å²) in [5.74, 6) is 0.0127. The maximum Gasteiger partial charge on any atom is 0.262 e. The minimum atomic E-state index is 0.0127. The fourth-order valence-corrected chi connectivity index (χ4v) is 2.24. The van der Waals surface area contributed by atoms with E-state index in [1.165, 1.54) is 11.3 Å². The Balaban J connectivity index is 2.59. The van der Waals surface area contributed by atoms with E-state index in [1.54, 1.807) is 0 Å². The lowest BCUT2D eigenvalue weighted by molar-refractivity contribution is 0.0957. The van der Waals surface area contributed by atoms with Crippen LogP contribution in [-0.2, 0) is 0 Å². The van der Waals surface area contributed by atoms with Gasteiger partial charge in [0, 0.05) is 11.0 Å². The average Bonchev–Trinajstić information content (AvgIpc) is 2.47. The van der Waals surface area contributed by atoms with Crippen molar-refractivity contribution < 1.29 is 4.79 Å². The van der Waals surface area contributed by atoms with E-state index in [4.69, 9.17) is 0 Å². The molecule has 0 unspecified atom stereocenters. The molecule has 0 aromatic carbocycles. The lowest BCUT2D eigenvalue weighted by Gasteiger charge is -2.00. The molecule has 1 N–H and O–H groups in total. The van der Waals surface area contributed by atoms with E-state index in [2.05, 4.69) is 21.2 Å². The predicted octanol–water partition coefficient (Wildman–Crippen LogP) is 2.65. The van der Waals surface area contributed by atoms with E-state index in [-0.39, 0.29) is 5.91 Å². The second-order valence-corrected chi connectivity index (χ2v) is 4.12. The summed E-state index contributed by atoms with van der Waals surface area (Å²) < 4.78 is 0.876. The van der Waals surface area contributed by atoms with Crippen molar-refractivity contribution in [1.29, 1.82) is 0 Å². The molecule has 0 radical (unpaired) electrons. The van der Waals surface area contributed by atoms with E-state index < -0.39 is 0 Å². The number of carbonyl (C=O) groups excluding carboxylic acids is 1. The zero-order valence-corrected chi connectivity index (χ0v) is 9.17. The summed E-state index contributed by atoms with van der Waals surface area (Å²) in [7, 11) is 0. The van der Waals surface area contributed by atoms with Crippen LogP contribution in [0.3, 0.4) is 0 Å². The molecule has 1 heterocycles. The number of hydrogen-bond donors (Lipinski definition) is 1. The molecule has 0 saturated heterocycles. The molecule has 1 amide bonds. The van der Waals surface area contributed by atoms with Gasteiger partial charge >= 0.3 is 0 Å². The van der Waals surface area contributed by atoms with Crippen molar-refractivity contribution in [3.63, 3.8) is 0 Å². The SMILES string of the molecule is CCCNC(=O)c1sccc1Br. The van der Waals surface area contributed by atoms with Crippen LogP contribution in [0, 0.1) is 0 Å². The molecule has 0 saturated carbocycles. The summed E-state index contributed by atoms with van der Waals surface area (Å²) in [4.78, 5) is 12.1. The third-order valence-corrected chi connectivity index (χ3v) is 3.20. The van der Waals surface area contributed by atoms with E-state index in [9.17, 15) is 4.79 Å². The molecule has 0 atom stereocenters. The van der Waals surface area contributed by atoms with Gasteiger partial charge in [-0.15, -0.1) is 11.3 Å². The fraction of sp³-hybridized carbons (Fsp3) is 0.375. The minimum absolute atomic E-state index is 0.0127. The summed E-state index contributed by atoms with van der Waals surface area (Å²) >= 11 is 4.76. The van der Waals surface area contributed by atoms with Crippen molar-refractivity contribution in [3.8, 4) is 0 Å². The Morgan fingerprint density at radius 1 is 1.75 bits per heavy atom. The molecule has 1 rings (SSSR count). The van der Waals surface area contributed by atoms with E-state index in [0.29, 0.717) is 0 Å². The highest BCUT2D eigenvalue weighted by Crippen LogP contribution is 2.22. The Morgan fingerprint density at radius 3 is 3.00 bits per heavy atom. The van der Waals surface area contributed by atoms with Gasteiger partial charge in [0.15, 0.2) is 0 Å². The van der Waals surface area contributed by atoms with E-state index >= 15 is 0 Å². The maximum absolute atomic E-state index is 11.4. The van der Waals surface area contributed by atoms with Gasteiger partial charge in [-0.2, -0.15) is 0 Å². The van der Waals surface area contributed by atoms with Crippen LogP contribution in [-0.4, -0.2) is 12.5 Å². The summed E-state index contributed by atoms with van der Waals surface area (Å²) in [5, 5.41) is 4.71. The van der Waals surface area contributed by atoms with Crippen LogP contribution >= 0.6 is 27.3 Å². The fourth-order valence-electron chi connectivity index (χ4n) is 0.775. The summed E-state index contributed by atoms with van der Waals surface area (Å²) in [6, 6.07) is 1.88. The van der Waals surface area contributed by atoms with Crippen LogP contribution < -0.4 is 5.32 Å². The molecule has 0 aliphatic carbocycles. The molecular weight excluding hydrogens is 238 g/mol. The molecule has 0 bridgehead atoms. The van der Waals surface area contributed by atoms with Gasteiger partial charge in [-0.25, -0.2) is 0 Å². The number of amides is 1. The standard InChI is InChI=1S/C8H10BrNOS/c1-2-4-10-8(11)7-6(9)3-5-12-7/h3,5H,2,4H2,1H3,(H,10,11). The predicted molar refractivity (Wildman–Crippen MR) is 54.6 cm³/mol. The van der Waals surface area contributed by atoms with Crippen molar-refractivity contribution in [2.24, 2.45) is 0 Å². The zero-order valence-electron chi connectivity index (χ0n) is 6.76. The molecule has 0 aliphatic heterocycles. The number of nitrogens with one attached hydrogen (secondary N) is 1. The second kappa shape index (κ2) is 4.62. The molecule has 1 aromatic heterocycles. The largest absolute Gasteiger partial charge is 0.351 e. The van der Waals surface area contributed by atoms with Crippen LogP contribution in [0.2, 0.25) is 0 Å². The number of rotatable bonds is 3. The smallest absolute Gasteiger partial charge is 0.262 e. The molecule has 0 spiro atoms. The van der Waals surface area contributed by atoms with Crippen molar-refractivity contribution in [2.75, 3.05) is 6.54 Å². The van der Waals surface area contributed by atoms with Gasteiger partial charge in [0.1, 0.15) is 4.88 Å². The Morgan fingerprint density at radius 2 is 2.50 bits per heavy atom. The second-order valence-electron chi connectivity index (χ2n) is 2.35. The lowest BCUT2D eigenvalue weighted by atomic mass is 10.4. The topological polar surface area (TPSA) is 29.1 Å². The van der Waals surface area contributed by atoms with Gasteiger partial charge in [-0.3, -0.25) is 4.79 Å². The van der Waals surface area contributed by atoms with Crippen LogP contribution in [0.15, 0.2) is 15.9 Å². The molecule has 2 nitrogen and oxygen atoms in total. The quantitative estimate of drug-likeness (QED) is 0.875. The molecule has 0 fully saturated rings. The van der Waals surface area contributed by atoms with Gasteiger partial charge in [0.05, 0.1) is 0 Å². The van der Waals surface area contributed by atoms with E-state index in [0.717, 1.165) is 22.3 Å². The van der Waals surface area contributed by atoms with Gasteiger partial charge in [0.25, 0.3) is 5.91 Å². The first-order valence-corrected chi connectivity index (χ1v) is 5.44. The van der Waals surface area contributed by atoms with Crippen LogP contribution in [0.5, 0.6) is 0 Å². The van der Waals surface area contributed by atoms with Crippen LogP contribution in [0.25, 0.3) is 0 Å². The highest BCUT2D eigenvalue weighted by molar-refractivity contribution is 9.10.